The Morgan fingerprint density at radius 1 is 1.33 bits per heavy atom. The molecule has 0 aliphatic carbocycles. The molecule has 0 aromatic carbocycles. The summed E-state index contributed by atoms with van der Waals surface area (Å²) in [7, 11) is 0. The second kappa shape index (κ2) is 4.83. The first-order chi connectivity index (χ1) is 5.81. The van der Waals surface area contributed by atoms with Gasteiger partial charge in [0.15, 0.2) is 0 Å². The van der Waals surface area contributed by atoms with Crippen molar-refractivity contribution in [2.45, 2.75) is 46.1 Å². The average molecular weight is 172 g/mol. The zero-order chi connectivity index (χ0) is 8.97. The quantitative estimate of drug-likeness (QED) is 0.702. The number of rotatable bonds is 3. The predicted octanol–water partition coefficient (Wildman–Crippen LogP) is 2.27. The van der Waals surface area contributed by atoms with Gasteiger partial charge in [-0.1, -0.05) is 27.2 Å². The first-order valence-corrected chi connectivity index (χ1v) is 5.32. The molecule has 0 saturated carbocycles. The molecule has 1 heterocycles. The van der Waals surface area contributed by atoms with Crippen LogP contribution in [0.25, 0.3) is 0 Å². The summed E-state index contributed by atoms with van der Waals surface area (Å²) in [6, 6.07) is 0.726. The van der Waals surface area contributed by atoms with Crippen LogP contribution in [0.1, 0.15) is 41.5 Å². The maximum Gasteiger partial charge on any atom is 0.0241 e. The number of hydrazine groups is 1. The molecule has 2 atom stereocenters. The van der Waals surface area contributed by atoms with Crippen LogP contribution in [0.3, 0.4) is 0 Å². The maximum atomic E-state index is 3.59. The molecule has 1 aliphatic heterocycles. The van der Waals surface area contributed by atoms with Crippen molar-refractivity contribution in [2.24, 2.45) is 5.92 Å². The smallest absolute Gasteiger partial charge is 0.0241 e. The van der Waals surface area contributed by atoms with E-state index in [2.05, 4.69) is 31.2 Å². The highest BCUT2D eigenvalue weighted by atomic mass is 15.5. The summed E-state index contributed by atoms with van der Waals surface area (Å²) in [4.78, 5) is 0. The van der Waals surface area contributed by atoms with Crippen molar-refractivity contribution in [2.75, 3.05) is 13.1 Å². The van der Waals surface area contributed by atoms with E-state index in [1.165, 1.54) is 25.8 Å². The second-order valence-corrected chi connectivity index (χ2v) is 3.68. The van der Waals surface area contributed by atoms with E-state index in [4.69, 9.17) is 0 Å². The van der Waals surface area contributed by atoms with Crippen LogP contribution >= 0.6 is 0 Å². The summed E-state index contributed by atoms with van der Waals surface area (Å²) in [6.45, 7) is 9.15. The van der Waals surface area contributed by atoms with Gasteiger partial charge in [0.25, 0.3) is 0 Å². The summed E-state index contributed by atoms with van der Waals surface area (Å²) >= 11 is 0. The van der Waals surface area contributed by atoms with Gasteiger partial charge in [0.05, 0.1) is 0 Å². The molecule has 1 N–H and O–H groups in total. The molecule has 0 bridgehead atoms. The van der Waals surface area contributed by atoms with E-state index in [1.807, 2.05) is 0 Å². The van der Waals surface area contributed by atoms with Crippen molar-refractivity contribution in [1.29, 1.82) is 0 Å². The van der Waals surface area contributed by atoms with Crippen LogP contribution in [-0.4, -0.2) is 24.1 Å². The van der Waals surface area contributed by atoms with Crippen molar-refractivity contribution in [3.63, 3.8) is 0 Å². The number of hydrogen-bond donors (Lipinski definition) is 1. The van der Waals surface area contributed by atoms with Gasteiger partial charge in [-0.2, -0.15) is 0 Å². The van der Waals surface area contributed by atoms with Crippen LogP contribution in [0, 0.1) is 5.92 Å². The van der Waals surface area contributed by atoms with E-state index >= 15 is 0 Å². The Labute approximate surface area is 77.8 Å². The Morgan fingerprint density at radius 2 is 2.08 bits per heavy atom. The molecule has 1 rings (SSSR count). The zero-order valence-corrected chi connectivity index (χ0v) is 8.64. The molecule has 0 aromatic heterocycles. The van der Waals surface area contributed by atoms with Crippen LogP contribution in [0.4, 0.5) is 0 Å². The maximum absolute atomic E-state index is 3.59. The fourth-order valence-electron chi connectivity index (χ4n) is 2.09. The molecule has 2 nitrogen and oxygen atoms in total. The Kier molecular flexibility index (Phi) is 4.02. The molecule has 12 heavy (non-hydrogen) atoms. The van der Waals surface area contributed by atoms with Crippen molar-refractivity contribution in [3.05, 3.63) is 0 Å². The van der Waals surface area contributed by atoms with Crippen molar-refractivity contribution in [3.8, 4) is 0 Å². The van der Waals surface area contributed by atoms with Crippen molar-refractivity contribution >= 4 is 0 Å². The SMILES string of the molecule is CC[C@@H]1CCN(CC)N[C@@H]1CC.[HH]. The van der Waals surface area contributed by atoms with Gasteiger partial charge in [0.2, 0.25) is 0 Å². The molecular formula is C10H24N2. The van der Waals surface area contributed by atoms with Crippen LogP contribution in [0.5, 0.6) is 0 Å². The topological polar surface area (TPSA) is 15.3 Å². The van der Waals surface area contributed by atoms with E-state index in [0.717, 1.165) is 18.5 Å². The van der Waals surface area contributed by atoms with E-state index < -0.39 is 0 Å². The highest BCUT2D eigenvalue weighted by Gasteiger charge is 2.24. The van der Waals surface area contributed by atoms with Gasteiger partial charge < -0.3 is 0 Å². The lowest BCUT2D eigenvalue weighted by Crippen LogP contribution is -2.53. The Bertz CT molecular complexity index is 130. The molecule has 0 radical (unpaired) electrons. The Balaban J connectivity index is 0.00000144. The predicted molar refractivity (Wildman–Crippen MR) is 55.0 cm³/mol. The van der Waals surface area contributed by atoms with Gasteiger partial charge >= 0.3 is 0 Å². The van der Waals surface area contributed by atoms with E-state index in [1.54, 1.807) is 0 Å². The molecule has 74 valence electrons. The minimum absolute atomic E-state index is 0. The fourth-order valence-corrected chi connectivity index (χ4v) is 2.09. The third-order valence-corrected chi connectivity index (χ3v) is 3.03. The van der Waals surface area contributed by atoms with Crippen molar-refractivity contribution in [1.82, 2.24) is 10.4 Å². The standard InChI is InChI=1S/C10H22N2.H2/c1-4-9-7-8-12(6-3)11-10(9)5-2;/h9-11H,4-8H2,1-3H3;1H/t9-,10-;/m1./s1. The van der Waals surface area contributed by atoms with Crippen molar-refractivity contribution < 1.29 is 1.43 Å². The van der Waals surface area contributed by atoms with Gasteiger partial charge in [0, 0.05) is 20.6 Å². The summed E-state index contributed by atoms with van der Waals surface area (Å²) < 4.78 is 0. The van der Waals surface area contributed by atoms with Crippen LogP contribution in [-0.2, 0) is 0 Å². The first-order valence-electron chi connectivity index (χ1n) is 5.32. The molecule has 0 spiro atoms. The van der Waals surface area contributed by atoms with Crippen LogP contribution in [0.2, 0.25) is 0 Å². The minimum atomic E-state index is 0. The fraction of sp³-hybridized carbons (Fsp3) is 1.00. The molecule has 1 saturated heterocycles. The van der Waals surface area contributed by atoms with E-state index in [-0.39, 0.29) is 1.43 Å². The normalized spacial score (nSPS) is 32.2. The Hall–Kier alpha value is -0.0800. The second-order valence-electron chi connectivity index (χ2n) is 3.68. The van der Waals surface area contributed by atoms with Gasteiger partial charge in [-0.15, -0.1) is 0 Å². The molecule has 0 unspecified atom stereocenters. The van der Waals surface area contributed by atoms with E-state index in [0.29, 0.717) is 0 Å². The number of nitrogens with zero attached hydrogens (tertiary/aromatic N) is 1. The zero-order valence-electron chi connectivity index (χ0n) is 8.64. The molecule has 2 heteroatoms. The summed E-state index contributed by atoms with van der Waals surface area (Å²) in [5.41, 5.74) is 3.59. The summed E-state index contributed by atoms with van der Waals surface area (Å²) in [5.74, 6) is 0.901. The lowest BCUT2D eigenvalue weighted by Gasteiger charge is -2.38. The van der Waals surface area contributed by atoms with Crippen LogP contribution < -0.4 is 5.43 Å². The summed E-state index contributed by atoms with van der Waals surface area (Å²) in [5, 5.41) is 2.35. The highest BCUT2D eigenvalue weighted by Crippen LogP contribution is 2.20. The Morgan fingerprint density at radius 3 is 2.58 bits per heavy atom. The monoisotopic (exact) mass is 172 g/mol. The van der Waals surface area contributed by atoms with Crippen LogP contribution in [0.15, 0.2) is 0 Å². The van der Waals surface area contributed by atoms with Gasteiger partial charge in [-0.25, -0.2) is 5.01 Å². The lowest BCUT2D eigenvalue weighted by molar-refractivity contribution is 0.0742. The third kappa shape index (κ3) is 2.20. The third-order valence-electron chi connectivity index (χ3n) is 3.03. The molecule has 1 fully saturated rings. The molecule has 0 amide bonds. The average Bonchev–Trinajstić information content (AvgIpc) is 2.16. The molecule has 0 aromatic rings. The summed E-state index contributed by atoms with van der Waals surface area (Å²) in [6.07, 6.45) is 3.95. The van der Waals surface area contributed by atoms with Gasteiger partial charge in [-0.05, 0) is 18.8 Å². The minimum Gasteiger partial charge on any atom is -0.252 e. The van der Waals surface area contributed by atoms with Gasteiger partial charge in [-0.3, -0.25) is 5.43 Å². The molecular weight excluding hydrogens is 148 g/mol. The first kappa shape index (κ1) is 10.0. The van der Waals surface area contributed by atoms with E-state index in [9.17, 15) is 0 Å². The van der Waals surface area contributed by atoms with Gasteiger partial charge in [0.1, 0.15) is 0 Å². The number of hydrogen-bond acceptors (Lipinski definition) is 2. The molecule has 1 aliphatic rings. The number of nitrogens with one attached hydrogen (secondary N) is 1. The largest absolute Gasteiger partial charge is 0.252 e. The highest BCUT2D eigenvalue weighted by molar-refractivity contribution is 4.78. The lowest BCUT2D eigenvalue weighted by atomic mass is 9.90.